The minimum absolute atomic E-state index is 0.0137. The number of carbonyl (C=O) groups is 1. The highest BCUT2D eigenvalue weighted by Gasteiger charge is 2.36. The Kier molecular flexibility index (Phi) is 5.56. The number of aromatic amines is 2. The lowest BCUT2D eigenvalue weighted by molar-refractivity contribution is -0.136. The van der Waals surface area contributed by atoms with E-state index >= 15 is 0 Å². The van der Waals surface area contributed by atoms with Gasteiger partial charge in [-0.2, -0.15) is 18.3 Å². The minimum atomic E-state index is -4.64. The van der Waals surface area contributed by atoms with E-state index in [1.807, 2.05) is 0 Å². The monoisotopic (exact) mass is 535 g/mol. The second kappa shape index (κ2) is 8.38. The zero-order chi connectivity index (χ0) is 25.8. The Labute approximate surface area is 209 Å². The number of hydrogen-bond donors (Lipinski definition) is 4. The number of H-pyrrole nitrogens is 2. The van der Waals surface area contributed by atoms with Crippen molar-refractivity contribution in [2.45, 2.75) is 25.6 Å². The number of fused-ring (bicyclic) bond motifs is 3. The number of aromatic nitrogens is 5. The van der Waals surface area contributed by atoms with E-state index in [4.69, 9.17) is 11.6 Å². The first-order valence-electron chi connectivity index (χ1n) is 10.4. The van der Waals surface area contributed by atoms with Crippen molar-refractivity contribution >= 4 is 60.8 Å². The average Bonchev–Trinajstić information content (AvgIpc) is 3.52. The van der Waals surface area contributed by atoms with Crippen LogP contribution in [0.2, 0.25) is 5.02 Å². The van der Waals surface area contributed by atoms with E-state index in [1.165, 1.54) is 23.2 Å². The van der Waals surface area contributed by atoms with Crippen LogP contribution in [0, 0.1) is 0 Å². The third-order valence-corrected chi connectivity index (χ3v) is 6.81. The molecule has 0 atom stereocenters. The summed E-state index contributed by atoms with van der Waals surface area (Å²) in [6.45, 7) is 3.20. The number of thiazole rings is 1. The van der Waals surface area contributed by atoms with E-state index < -0.39 is 23.2 Å². The Morgan fingerprint density at radius 1 is 1.22 bits per heavy atom. The lowest BCUT2D eigenvalue weighted by Crippen LogP contribution is -2.44. The van der Waals surface area contributed by atoms with Gasteiger partial charge >= 0.3 is 11.9 Å². The van der Waals surface area contributed by atoms with Gasteiger partial charge in [-0.3, -0.25) is 19.8 Å². The van der Waals surface area contributed by atoms with Crippen LogP contribution >= 0.6 is 22.9 Å². The lowest BCUT2D eigenvalue weighted by Gasteiger charge is -2.26. The van der Waals surface area contributed by atoms with Gasteiger partial charge in [0, 0.05) is 23.5 Å². The lowest BCUT2D eigenvalue weighted by atomic mass is 10.0. The SMILES string of the molecule is CC(C)(Nc1ccc(Cl)c(-n2cc[nH]c2=O)c1)C(=O)Nc1nc2c(C(F)(F)F)cc3[nH]ncc3c2s1. The first-order chi connectivity index (χ1) is 16.9. The van der Waals surface area contributed by atoms with Gasteiger partial charge in [-0.05, 0) is 38.1 Å². The number of nitrogens with one attached hydrogen (secondary N) is 4. The molecule has 0 aliphatic rings. The van der Waals surface area contributed by atoms with E-state index in [2.05, 4.69) is 30.8 Å². The van der Waals surface area contributed by atoms with Crippen LogP contribution in [0.5, 0.6) is 0 Å². The van der Waals surface area contributed by atoms with Gasteiger partial charge in [0.15, 0.2) is 5.13 Å². The Balaban J connectivity index is 1.44. The third kappa shape index (κ3) is 4.20. The van der Waals surface area contributed by atoms with E-state index in [-0.39, 0.29) is 26.6 Å². The standard InChI is InChI=1S/C22H17ClF3N7O2S/c1-21(2,31-10-3-4-13(23)15(7-10)33-6-5-27-20(33)35)18(34)30-19-29-16-12(22(24,25)26)8-14-11(9-28-32-14)17(16)36-19/h3-9,31H,1-2H3,(H,27,35)(H,28,32)(H,29,30,34). The van der Waals surface area contributed by atoms with Crippen LogP contribution in [-0.4, -0.2) is 36.2 Å². The van der Waals surface area contributed by atoms with Crippen molar-refractivity contribution in [1.29, 1.82) is 0 Å². The van der Waals surface area contributed by atoms with Gasteiger partial charge in [0.05, 0.1) is 38.2 Å². The Hall–Kier alpha value is -3.84. The van der Waals surface area contributed by atoms with Crippen molar-refractivity contribution in [1.82, 2.24) is 24.7 Å². The molecule has 0 spiro atoms. The summed E-state index contributed by atoms with van der Waals surface area (Å²) in [5, 5.41) is 12.9. The summed E-state index contributed by atoms with van der Waals surface area (Å²) in [6.07, 6.45) is -0.233. The molecule has 2 aromatic carbocycles. The fourth-order valence-electron chi connectivity index (χ4n) is 3.71. The topological polar surface area (TPSA) is 120 Å². The van der Waals surface area contributed by atoms with Gasteiger partial charge in [-0.1, -0.05) is 22.9 Å². The number of imidazole rings is 1. The zero-order valence-electron chi connectivity index (χ0n) is 18.6. The fourth-order valence-corrected chi connectivity index (χ4v) is 4.92. The molecule has 0 saturated heterocycles. The molecule has 4 N–H and O–H groups in total. The smallest absolute Gasteiger partial charge is 0.372 e. The second-order valence-corrected chi connectivity index (χ2v) is 9.86. The van der Waals surface area contributed by atoms with Gasteiger partial charge in [-0.15, -0.1) is 0 Å². The maximum atomic E-state index is 13.6. The molecule has 14 heteroatoms. The van der Waals surface area contributed by atoms with Crippen LogP contribution in [0.4, 0.5) is 24.0 Å². The van der Waals surface area contributed by atoms with Gasteiger partial charge in [0.25, 0.3) is 5.91 Å². The number of benzene rings is 2. The molecule has 3 aromatic heterocycles. The molecule has 1 amide bonds. The number of rotatable bonds is 5. The van der Waals surface area contributed by atoms with Gasteiger partial charge in [0.1, 0.15) is 5.54 Å². The first-order valence-corrected chi connectivity index (χ1v) is 11.6. The maximum absolute atomic E-state index is 13.6. The van der Waals surface area contributed by atoms with Gasteiger partial charge in [-0.25, -0.2) is 9.78 Å². The predicted molar refractivity (Wildman–Crippen MR) is 132 cm³/mol. The molecule has 0 aliphatic heterocycles. The summed E-state index contributed by atoms with van der Waals surface area (Å²) in [7, 11) is 0. The highest BCUT2D eigenvalue weighted by Crippen LogP contribution is 2.41. The fraction of sp³-hybridized carbons (Fsp3) is 0.182. The average molecular weight is 536 g/mol. The van der Waals surface area contributed by atoms with Crippen LogP contribution in [-0.2, 0) is 11.0 Å². The van der Waals surface area contributed by atoms with Gasteiger partial charge in [0.2, 0.25) is 0 Å². The van der Waals surface area contributed by atoms with Crippen LogP contribution in [0.25, 0.3) is 26.8 Å². The van der Waals surface area contributed by atoms with Crippen molar-refractivity contribution in [3.63, 3.8) is 0 Å². The molecule has 0 aliphatic carbocycles. The van der Waals surface area contributed by atoms with Crippen molar-refractivity contribution in [3.8, 4) is 5.69 Å². The number of nitrogens with zero attached hydrogens (tertiary/aromatic N) is 3. The molecule has 0 saturated carbocycles. The van der Waals surface area contributed by atoms with Crippen LogP contribution in [0.15, 0.2) is 47.7 Å². The molecule has 0 unspecified atom stereocenters. The summed E-state index contributed by atoms with van der Waals surface area (Å²) >= 11 is 7.17. The highest BCUT2D eigenvalue weighted by molar-refractivity contribution is 7.23. The predicted octanol–water partition coefficient (Wildman–Crippen LogP) is 5.15. The molecule has 9 nitrogen and oxygen atoms in total. The van der Waals surface area contributed by atoms with E-state index in [1.54, 1.807) is 32.0 Å². The quantitative estimate of drug-likeness (QED) is 0.248. The first kappa shape index (κ1) is 23.9. The molecule has 0 bridgehead atoms. The van der Waals surface area contributed by atoms with Crippen molar-refractivity contribution in [3.05, 3.63) is 63.9 Å². The minimum Gasteiger partial charge on any atom is -0.372 e. The van der Waals surface area contributed by atoms with E-state index in [9.17, 15) is 22.8 Å². The number of carbonyl (C=O) groups excluding carboxylic acids is 1. The van der Waals surface area contributed by atoms with Crippen molar-refractivity contribution in [2.24, 2.45) is 0 Å². The summed E-state index contributed by atoms with van der Waals surface area (Å²) in [6, 6.07) is 5.78. The highest BCUT2D eigenvalue weighted by atomic mass is 35.5. The number of halogens is 4. The summed E-state index contributed by atoms with van der Waals surface area (Å²) in [5.74, 6) is -0.533. The molecule has 36 heavy (non-hydrogen) atoms. The maximum Gasteiger partial charge on any atom is 0.418 e. The van der Waals surface area contributed by atoms with E-state index in [0.717, 1.165) is 17.4 Å². The number of hydrogen-bond acceptors (Lipinski definition) is 6. The van der Waals surface area contributed by atoms with Crippen LogP contribution in [0.1, 0.15) is 19.4 Å². The molecule has 186 valence electrons. The molecular formula is C22H17ClF3N7O2S. The van der Waals surface area contributed by atoms with Crippen molar-refractivity contribution in [2.75, 3.05) is 10.6 Å². The number of anilines is 2. The Morgan fingerprint density at radius 2 is 2.00 bits per heavy atom. The Bertz CT molecular complexity index is 1680. The molecule has 3 heterocycles. The molecular weight excluding hydrogens is 519 g/mol. The zero-order valence-corrected chi connectivity index (χ0v) is 20.2. The molecule has 0 fully saturated rings. The summed E-state index contributed by atoms with van der Waals surface area (Å²) in [5.41, 5.74) is -1.67. The largest absolute Gasteiger partial charge is 0.418 e. The number of amides is 1. The summed E-state index contributed by atoms with van der Waals surface area (Å²) < 4.78 is 42.5. The number of alkyl halides is 3. The molecule has 5 aromatic rings. The third-order valence-electron chi connectivity index (χ3n) is 5.49. The second-order valence-electron chi connectivity index (χ2n) is 8.46. The normalized spacial score (nSPS) is 12.4. The van der Waals surface area contributed by atoms with Crippen LogP contribution < -0.4 is 16.3 Å². The summed E-state index contributed by atoms with van der Waals surface area (Å²) in [4.78, 5) is 31.7. The van der Waals surface area contributed by atoms with Gasteiger partial charge < -0.3 is 10.3 Å². The van der Waals surface area contributed by atoms with Crippen molar-refractivity contribution < 1.29 is 18.0 Å². The Morgan fingerprint density at radius 3 is 2.69 bits per heavy atom. The van der Waals surface area contributed by atoms with Crippen LogP contribution in [0.3, 0.4) is 0 Å². The molecule has 5 rings (SSSR count). The molecule has 0 radical (unpaired) electrons. The van der Waals surface area contributed by atoms with E-state index in [0.29, 0.717) is 21.8 Å².